The molecule has 4 aliphatic carbocycles. The van der Waals surface area contributed by atoms with Crippen molar-refractivity contribution in [3.8, 4) is 0 Å². The number of carbonyl (C=O) groups is 1. The Morgan fingerprint density at radius 2 is 1.92 bits per heavy atom. The van der Waals surface area contributed by atoms with Crippen LogP contribution in [0.25, 0.3) is 0 Å². The highest BCUT2D eigenvalue weighted by Crippen LogP contribution is 2.72. The normalized spacial score (nSPS) is 60.7. The summed E-state index contributed by atoms with van der Waals surface area (Å²) >= 11 is 0. The first-order valence-corrected chi connectivity index (χ1v) is 9.88. The van der Waals surface area contributed by atoms with Crippen molar-refractivity contribution in [3.63, 3.8) is 0 Å². The minimum atomic E-state index is -0.461. The Balaban J connectivity index is 1.51. The van der Waals surface area contributed by atoms with Crippen LogP contribution in [-0.4, -0.2) is 28.7 Å². The third-order valence-electron chi connectivity index (χ3n) is 9.09. The van der Waals surface area contributed by atoms with Gasteiger partial charge in [0, 0.05) is 5.41 Å². The molecule has 0 radical (unpaired) electrons. The molecule has 1 N–H and O–H groups in total. The van der Waals surface area contributed by atoms with Crippen LogP contribution in [0.15, 0.2) is 12.2 Å². The molecule has 1 aliphatic heterocycles. The Morgan fingerprint density at radius 3 is 2.67 bits per heavy atom. The van der Waals surface area contributed by atoms with Gasteiger partial charge in [0.05, 0.1) is 12.2 Å². The second-order valence-corrected chi connectivity index (χ2v) is 9.81. The Morgan fingerprint density at radius 1 is 1.12 bits per heavy atom. The van der Waals surface area contributed by atoms with Gasteiger partial charge in [-0.25, -0.2) is 0 Å². The fourth-order valence-corrected chi connectivity index (χ4v) is 7.67. The fraction of sp³-hybridized carbons (Fsp3) is 0.857. The first kappa shape index (κ1) is 15.6. The summed E-state index contributed by atoms with van der Waals surface area (Å²) < 4.78 is 5.99. The molecule has 0 bridgehead atoms. The lowest BCUT2D eigenvalue weighted by atomic mass is 9.46. The predicted octanol–water partition coefficient (Wildman–Crippen LogP) is 3.50. The number of ketones is 1. The molecule has 5 rings (SSSR count). The van der Waals surface area contributed by atoms with Crippen LogP contribution in [0, 0.1) is 34.5 Å². The van der Waals surface area contributed by atoms with Gasteiger partial charge >= 0.3 is 0 Å². The highest BCUT2D eigenvalue weighted by Gasteiger charge is 2.79. The van der Waals surface area contributed by atoms with Crippen molar-refractivity contribution < 1.29 is 14.6 Å². The molecule has 1 heterocycles. The molecule has 0 aromatic carbocycles. The van der Waals surface area contributed by atoms with Crippen molar-refractivity contribution in [1.29, 1.82) is 0 Å². The monoisotopic (exact) mass is 330 g/mol. The van der Waals surface area contributed by atoms with Gasteiger partial charge in [-0.1, -0.05) is 26.0 Å². The van der Waals surface area contributed by atoms with E-state index in [0.717, 1.165) is 32.1 Å². The largest absolute Gasteiger partial charge is 0.393 e. The summed E-state index contributed by atoms with van der Waals surface area (Å²) in [5, 5.41) is 10.1. The van der Waals surface area contributed by atoms with Gasteiger partial charge in [-0.05, 0) is 74.5 Å². The maximum absolute atomic E-state index is 12.4. The topological polar surface area (TPSA) is 49.8 Å². The fourth-order valence-electron chi connectivity index (χ4n) is 7.67. The first-order chi connectivity index (χ1) is 11.3. The lowest BCUT2D eigenvalue weighted by molar-refractivity contribution is -0.136. The number of aliphatic hydroxyl groups excluding tert-OH is 1. The Kier molecular flexibility index (Phi) is 2.94. The van der Waals surface area contributed by atoms with Gasteiger partial charge in [-0.15, -0.1) is 0 Å². The molecule has 0 unspecified atom stereocenters. The molecule has 3 saturated carbocycles. The number of epoxide rings is 1. The SMILES string of the molecule is CC(=O)[C@@]12O[C@@H]1C[C@H]1[C@H]3C=C[C@H]4C[C@@H](O)CC[C@]4(C)[C@@H]3CC[C@@]12C. The second kappa shape index (κ2) is 4.54. The van der Waals surface area contributed by atoms with Crippen LogP contribution < -0.4 is 0 Å². The van der Waals surface area contributed by atoms with Crippen LogP contribution in [0.1, 0.15) is 59.3 Å². The van der Waals surface area contributed by atoms with Crippen LogP contribution in [0.3, 0.4) is 0 Å². The van der Waals surface area contributed by atoms with E-state index in [-0.39, 0.29) is 23.4 Å². The third kappa shape index (κ3) is 1.60. The van der Waals surface area contributed by atoms with Crippen molar-refractivity contribution in [2.75, 3.05) is 0 Å². The summed E-state index contributed by atoms with van der Waals surface area (Å²) in [6, 6.07) is 0. The molecule has 3 nitrogen and oxygen atoms in total. The summed E-state index contributed by atoms with van der Waals surface area (Å²) in [5.41, 5.74) is -0.111. The first-order valence-electron chi connectivity index (χ1n) is 9.88. The molecule has 132 valence electrons. The van der Waals surface area contributed by atoms with Gasteiger partial charge < -0.3 is 9.84 Å². The number of hydrogen-bond acceptors (Lipinski definition) is 3. The van der Waals surface area contributed by atoms with Gasteiger partial charge in [0.25, 0.3) is 0 Å². The molecule has 0 spiro atoms. The van der Waals surface area contributed by atoms with E-state index in [1.54, 1.807) is 6.92 Å². The molecule has 24 heavy (non-hydrogen) atoms. The molecular formula is C21H30O3. The second-order valence-electron chi connectivity index (χ2n) is 9.81. The van der Waals surface area contributed by atoms with Crippen LogP contribution in [0.5, 0.6) is 0 Å². The van der Waals surface area contributed by atoms with E-state index in [1.165, 1.54) is 6.42 Å². The summed E-state index contributed by atoms with van der Waals surface area (Å²) in [4.78, 5) is 12.4. The van der Waals surface area contributed by atoms with Gasteiger partial charge in [-0.2, -0.15) is 0 Å². The summed E-state index contributed by atoms with van der Waals surface area (Å²) in [6.07, 6.45) is 11.4. The summed E-state index contributed by atoms with van der Waals surface area (Å²) in [7, 11) is 0. The zero-order valence-electron chi connectivity index (χ0n) is 15.1. The number of aliphatic hydroxyl groups is 1. The molecule has 3 heteroatoms. The number of fused-ring (bicyclic) bond motifs is 7. The number of allylic oxidation sites excluding steroid dienone is 2. The highest BCUT2D eigenvalue weighted by molar-refractivity contribution is 5.90. The van der Waals surface area contributed by atoms with E-state index in [4.69, 9.17) is 4.74 Å². The van der Waals surface area contributed by atoms with E-state index in [2.05, 4.69) is 26.0 Å². The van der Waals surface area contributed by atoms with Crippen LogP contribution >= 0.6 is 0 Å². The molecule has 1 saturated heterocycles. The quantitative estimate of drug-likeness (QED) is 0.591. The van der Waals surface area contributed by atoms with Crippen molar-refractivity contribution >= 4 is 5.78 Å². The Labute approximate surface area is 144 Å². The molecule has 0 amide bonds. The number of hydrogen-bond donors (Lipinski definition) is 1. The maximum atomic E-state index is 12.4. The lowest BCUT2D eigenvalue weighted by Crippen LogP contribution is -2.55. The smallest absolute Gasteiger partial charge is 0.164 e. The average molecular weight is 330 g/mol. The standard InChI is InChI=1S/C21H30O3/c1-12(22)21-18(24-21)11-17-15-5-4-13-10-14(23)6-8-19(13,2)16(15)7-9-20(17,21)3/h4-5,13-18,23H,6-11H2,1-3H3/t13-,14-,15-,16+,17-,18+,19-,20-,21+/m0/s1. The van der Waals surface area contributed by atoms with E-state index in [9.17, 15) is 9.90 Å². The van der Waals surface area contributed by atoms with Gasteiger partial charge in [0.1, 0.15) is 0 Å². The van der Waals surface area contributed by atoms with Crippen molar-refractivity contribution in [2.24, 2.45) is 34.5 Å². The van der Waals surface area contributed by atoms with Crippen LogP contribution in [0.4, 0.5) is 0 Å². The van der Waals surface area contributed by atoms with Crippen LogP contribution in [0.2, 0.25) is 0 Å². The van der Waals surface area contributed by atoms with Gasteiger partial charge in [0.2, 0.25) is 0 Å². The molecule has 5 aliphatic rings. The maximum Gasteiger partial charge on any atom is 0.164 e. The summed E-state index contributed by atoms with van der Waals surface area (Å²) in [6.45, 7) is 6.53. The average Bonchev–Trinajstić information content (AvgIpc) is 3.21. The molecule has 0 aromatic heterocycles. The van der Waals surface area contributed by atoms with Crippen molar-refractivity contribution in [1.82, 2.24) is 0 Å². The van der Waals surface area contributed by atoms with E-state index in [1.807, 2.05) is 0 Å². The Bertz CT molecular complexity index is 627. The third-order valence-corrected chi connectivity index (χ3v) is 9.09. The van der Waals surface area contributed by atoms with Crippen LogP contribution in [-0.2, 0) is 9.53 Å². The van der Waals surface area contributed by atoms with E-state index < -0.39 is 5.60 Å². The zero-order valence-corrected chi connectivity index (χ0v) is 15.1. The summed E-state index contributed by atoms with van der Waals surface area (Å²) in [5.74, 6) is 2.66. The zero-order chi connectivity index (χ0) is 16.9. The molecular weight excluding hydrogens is 300 g/mol. The van der Waals surface area contributed by atoms with E-state index >= 15 is 0 Å². The van der Waals surface area contributed by atoms with Crippen molar-refractivity contribution in [3.05, 3.63) is 12.2 Å². The lowest BCUT2D eigenvalue weighted by Gasteiger charge is -2.58. The minimum absolute atomic E-state index is 0.0202. The van der Waals surface area contributed by atoms with Gasteiger partial charge in [-0.3, -0.25) is 4.79 Å². The predicted molar refractivity (Wildman–Crippen MR) is 91.3 cm³/mol. The van der Waals surface area contributed by atoms with Crippen molar-refractivity contribution in [2.45, 2.75) is 77.1 Å². The van der Waals surface area contributed by atoms with E-state index in [0.29, 0.717) is 29.1 Å². The number of ether oxygens (including phenoxy) is 1. The number of rotatable bonds is 1. The minimum Gasteiger partial charge on any atom is -0.393 e. The van der Waals surface area contributed by atoms with Gasteiger partial charge in [0.15, 0.2) is 11.4 Å². The molecule has 4 fully saturated rings. The molecule has 0 aromatic rings. The molecule has 9 atom stereocenters. The number of carbonyl (C=O) groups excluding carboxylic acids is 1. The Hall–Kier alpha value is -0.670. The number of Topliss-reactive ketones (excluding diaryl/α,β-unsaturated/α-hetero) is 1. The highest BCUT2D eigenvalue weighted by atomic mass is 16.6.